The van der Waals surface area contributed by atoms with E-state index in [1.54, 1.807) is 18.5 Å². The molecule has 0 radical (unpaired) electrons. The first-order chi connectivity index (χ1) is 27.0. The second-order valence-corrected chi connectivity index (χ2v) is 15.1. The number of nitrogens with zero attached hydrogens (tertiary/aromatic N) is 7. The topological polar surface area (TPSA) is 150 Å². The fourth-order valence-corrected chi connectivity index (χ4v) is 8.31. The standard InChI is InChI=1S/C41H45ClF2N8O4/c1-24-27(11-8-14-30(24)47-37-35-31(48-38(50-37)36(43)44)18-25(19-46-35)21-52-17-9-10-26(53)22-52)28-12-7-13-29(34(28)42)32-20-45-33(39(49-32)56-3)23-51(2)41(40(54)55)15-5-4-6-16-41/h7-8,11-14,18-20,26,36,53H,4-6,9-10,15-17,21-23H2,1-3H3,(H,54,55)(H,47,48,50)/t26-/m0/s1. The average molecular weight is 787 g/mol. The number of carboxylic acid groups (broad SMARTS) is 1. The summed E-state index contributed by atoms with van der Waals surface area (Å²) < 4.78 is 33.9. The predicted octanol–water partition coefficient (Wildman–Crippen LogP) is 7.98. The highest BCUT2D eigenvalue weighted by atomic mass is 35.5. The van der Waals surface area contributed by atoms with Crippen molar-refractivity contribution in [2.45, 2.75) is 83.0 Å². The van der Waals surface area contributed by atoms with Crippen LogP contribution in [0.3, 0.4) is 0 Å². The van der Waals surface area contributed by atoms with Crippen LogP contribution in [0, 0.1) is 6.92 Å². The number of anilines is 2. The third-order valence-electron chi connectivity index (χ3n) is 11.0. The van der Waals surface area contributed by atoms with E-state index < -0.39 is 23.8 Å². The molecule has 1 saturated heterocycles. The number of likely N-dealkylation sites (N-methyl/N-ethyl adjacent to an activating group) is 1. The lowest BCUT2D eigenvalue weighted by molar-refractivity contribution is -0.153. The molecule has 12 nitrogen and oxygen atoms in total. The Hall–Kier alpha value is -4.89. The molecule has 0 bridgehead atoms. The number of pyridine rings is 1. The maximum atomic E-state index is 14.1. The molecule has 2 aliphatic rings. The minimum absolute atomic E-state index is 0.149. The van der Waals surface area contributed by atoms with Crippen LogP contribution in [0.2, 0.25) is 5.02 Å². The maximum absolute atomic E-state index is 14.1. The first-order valence-corrected chi connectivity index (χ1v) is 19.2. The van der Waals surface area contributed by atoms with Gasteiger partial charge in [-0.2, -0.15) is 0 Å². The molecule has 3 aromatic heterocycles. The van der Waals surface area contributed by atoms with E-state index in [0.29, 0.717) is 70.2 Å². The Labute approximate surface area is 329 Å². The summed E-state index contributed by atoms with van der Waals surface area (Å²) in [4.78, 5) is 38.8. The quantitative estimate of drug-likeness (QED) is 0.113. The average Bonchev–Trinajstić information content (AvgIpc) is 3.19. The number of hydrogen-bond acceptors (Lipinski definition) is 11. The second kappa shape index (κ2) is 16.7. The fraction of sp³-hybridized carbons (Fsp3) is 0.415. The van der Waals surface area contributed by atoms with Gasteiger partial charge < -0.3 is 20.3 Å². The van der Waals surface area contributed by atoms with E-state index in [0.717, 1.165) is 55.3 Å². The molecular formula is C41H45ClF2N8O4. The normalized spacial score (nSPS) is 17.4. The van der Waals surface area contributed by atoms with Crippen LogP contribution in [0.1, 0.15) is 74.0 Å². The molecule has 7 rings (SSSR count). The molecule has 5 aromatic rings. The minimum Gasteiger partial charge on any atom is -0.480 e. The number of ether oxygens (including phenoxy) is 1. The first kappa shape index (κ1) is 39.3. The Kier molecular flexibility index (Phi) is 11.7. The van der Waals surface area contributed by atoms with Gasteiger partial charge in [-0.05, 0) is 75.0 Å². The minimum atomic E-state index is -2.90. The van der Waals surface area contributed by atoms with E-state index in [2.05, 4.69) is 30.2 Å². The van der Waals surface area contributed by atoms with Crippen LogP contribution in [-0.2, 0) is 17.9 Å². The summed E-state index contributed by atoms with van der Waals surface area (Å²) in [6, 6.07) is 12.9. The molecule has 1 aliphatic heterocycles. The summed E-state index contributed by atoms with van der Waals surface area (Å²) in [6.07, 6.45) is 5.54. The van der Waals surface area contributed by atoms with Gasteiger partial charge in [0.25, 0.3) is 6.43 Å². The number of hydrogen-bond donors (Lipinski definition) is 3. The van der Waals surface area contributed by atoms with Gasteiger partial charge in [-0.15, -0.1) is 0 Å². The SMILES string of the molecule is COc1nc(-c2cccc(-c3cccc(Nc4nc(C(F)F)nc5cc(CN6CCC[C@H](O)C6)cnc45)c3C)c2Cl)cnc1CN(C)C1(C(=O)O)CCCCC1. The van der Waals surface area contributed by atoms with Gasteiger partial charge in [0.05, 0.1) is 35.6 Å². The Bertz CT molecular complexity index is 2240. The van der Waals surface area contributed by atoms with Crippen LogP contribution in [0.5, 0.6) is 5.88 Å². The highest BCUT2D eigenvalue weighted by molar-refractivity contribution is 6.36. The Morgan fingerprint density at radius 2 is 1.80 bits per heavy atom. The molecule has 1 atom stereocenters. The van der Waals surface area contributed by atoms with E-state index in [4.69, 9.17) is 21.3 Å². The molecule has 4 heterocycles. The van der Waals surface area contributed by atoms with Gasteiger partial charge in [0.2, 0.25) is 5.88 Å². The van der Waals surface area contributed by atoms with Crippen molar-refractivity contribution in [1.82, 2.24) is 34.7 Å². The number of aliphatic hydroxyl groups excluding tert-OH is 1. The van der Waals surface area contributed by atoms with E-state index >= 15 is 0 Å². The van der Waals surface area contributed by atoms with Crippen molar-refractivity contribution in [2.24, 2.45) is 0 Å². The fourth-order valence-electron chi connectivity index (χ4n) is 7.98. The van der Waals surface area contributed by atoms with E-state index in [1.165, 1.54) is 7.11 Å². The van der Waals surface area contributed by atoms with Crippen molar-refractivity contribution in [1.29, 1.82) is 0 Å². The lowest BCUT2D eigenvalue weighted by atomic mass is 9.80. The molecule has 1 saturated carbocycles. The number of benzene rings is 2. The number of halogens is 3. The maximum Gasteiger partial charge on any atom is 0.324 e. The highest BCUT2D eigenvalue weighted by Gasteiger charge is 2.43. The van der Waals surface area contributed by atoms with Gasteiger partial charge in [-0.3, -0.25) is 24.6 Å². The number of aliphatic carboxylic acids is 1. The second-order valence-electron chi connectivity index (χ2n) is 14.7. The summed E-state index contributed by atoms with van der Waals surface area (Å²) in [6.45, 7) is 4.04. The van der Waals surface area contributed by atoms with Gasteiger partial charge in [-0.1, -0.05) is 61.2 Å². The molecule has 294 valence electrons. The highest BCUT2D eigenvalue weighted by Crippen LogP contribution is 2.40. The Morgan fingerprint density at radius 3 is 2.54 bits per heavy atom. The van der Waals surface area contributed by atoms with Crippen molar-refractivity contribution in [3.8, 4) is 28.3 Å². The Balaban J connectivity index is 1.17. The van der Waals surface area contributed by atoms with Gasteiger partial charge >= 0.3 is 5.97 Å². The number of carbonyl (C=O) groups is 1. The monoisotopic (exact) mass is 786 g/mol. The molecule has 0 spiro atoms. The number of fused-ring (bicyclic) bond motifs is 1. The zero-order valence-electron chi connectivity index (χ0n) is 31.6. The largest absolute Gasteiger partial charge is 0.480 e. The smallest absolute Gasteiger partial charge is 0.324 e. The number of aliphatic hydroxyl groups is 1. The number of carboxylic acids is 1. The first-order valence-electron chi connectivity index (χ1n) is 18.8. The summed E-state index contributed by atoms with van der Waals surface area (Å²) in [7, 11) is 3.31. The summed E-state index contributed by atoms with van der Waals surface area (Å²) >= 11 is 7.13. The predicted molar refractivity (Wildman–Crippen MR) is 210 cm³/mol. The number of aromatic nitrogens is 5. The molecule has 3 N–H and O–H groups in total. The van der Waals surface area contributed by atoms with Gasteiger partial charge in [-0.25, -0.2) is 23.7 Å². The number of nitrogens with one attached hydrogen (secondary N) is 1. The van der Waals surface area contributed by atoms with E-state index in [9.17, 15) is 23.8 Å². The number of methoxy groups -OCH3 is 1. The molecule has 2 fully saturated rings. The molecule has 0 unspecified atom stereocenters. The molecule has 0 amide bonds. The van der Waals surface area contributed by atoms with Crippen LogP contribution in [0.25, 0.3) is 33.4 Å². The summed E-state index contributed by atoms with van der Waals surface area (Å²) in [5.74, 6) is -1.01. The van der Waals surface area contributed by atoms with E-state index in [1.807, 2.05) is 55.3 Å². The molecule has 2 aromatic carbocycles. The zero-order valence-corrected chi connectivity index (χ0v) is 32.4. The molecule has 1 aliphatic carbocycles. The third-order valence-corrected chi connectivity index (χ3v) is 11.5. The van der Waals surface area contributed by atoms with Gasteiger partial charge in [0.1, 0.15) is 16.7 Å². The van der Waals surface area contributed by atoms with Crippen LogP contribution < -0.4 is 10.1 Å². The lowest BCUT2D eigenvalue weighted by Gasteiger charge is -2.40. The van der Waals surface area contributed by atoms with E-state index in [-0.39, 0.29) is 24.3 Å². The summed E-state index contributed by atoms with van der Waals surface area (Å²) in [5, 5.41) is 24.0. The van der Waals surface area contributed by atoms with Crippen LogP contribution in [0.4, 0.5) is 20.3 Å². The van der Waals surface area contributed by atoms with Crippen LogP contribution in [0.15, 0.2) is 54.9 Å². The molecule has 15 heteroatoms. The number of piperidine rings is 1. The molecular weight excluding hydrogens is 742 g/mol. The third kappa shape index (κ3) is 8.01. The van der Waals surface area contributed by atoms with Crippen molar-refractivity contribution in [3.63, 3.8) is 0 Å². The number of likely N-dealkylation sites (tertiary alicyclic amines) is 1. The van der Waals surface area contributed by atoms with Gasteiger partial charge in [0.15, 0.2) is 11.6 Å². The van der Waals surface area contributed by atoms with Crippen LogP contribution >= 0.6 is 11.6 Å². The number of rotatable bonds is 12. The Morgan fingerprint density at radius 1 is 1.05 bits per heavy atom. The van der Waals surface area contributed by atoms with Crippen LogP contribution in [-0.4, -0.2) is 89.8 Å². The van der Waals surface area contributed by atoms with Crippen molar-refractivity contribution in [2.75, 3.05) is 32.6 Å². The number of β-amino-alcohol motifs (C(OH)–C–C–N with tert-alkyl or cyclic N) is 1. The molecule has 56 heavy (non-hydrogen) atoms. The van der Waals surface area contributed by atoms with Crippen molar-refractivity contribution < 1.29 is 28.5 Å². The zero-order chi connectivity index (χ0) is 39.6. The van der Waals surface area contributed by atoms with Crippen molar-refractivity contribution >= 4 is 40.1 Å². The van der Waals surface area contributed by atoms with Crippen molar-refractivity contribution in [3.05, 3.63) is 82.5 Å². The number of alkyl halides is 2. The lowest BCUT2D eigenvalue weighted by Crippen LogP contribution is -2.53. The van der Waals surface area contributed by atoms with Gasteiger partial charge in [0, 0.05) is 42.6 Å². The summed E-state index contributed by atoms with van der Waals surface area (Å²) in [5.41, 5.74) is 5.00.